The van der Waals surface area contributed by atoms with Gasteiger partial charge in [0, 0.05) is 6.54 Å². The van der Waals surface area contributed by atoms with Gasteiger partial charge >= 0.3 is 0 Å². The number of benzene rings is 1. The summed E-state index contributed by atoms with van der Waals surface area (Å²) in [7, 11) is 0. The van der Waals surface area contributed by atoms with E-state index in [0.717, 1.165) is 40.6 Å². The van der Waals surface area contributed by atoms with Crippen LogP contribution in [0.5, 0.6) is 11.5 Å². The SMILES string of the molecule is CCN(CC1COc2ccccc2O1)c1ncnc2ccsc12. The largest absolute Gasteiger partial charge is 0.486 e. The Morgan fingerprint density at radius 2 is 2.09 bits per heavy atom. The lowest BCUT2D eigenvalue weighted by Crippen LogP contribution is -2.41. The molecule has 0 bridgehead atoms. The molecule has 1 aliphatic rings. The highest BCUT2D eigenvalue weighted by Crippen LogP contribution is 2.32. The van der Waals surface area contributed by atoms with Crippen LogP contribution in [-0.4, -0.2) is 35.8 Å². The van der Waals surface area contributed by atoms with Crippen molar-refractivity contribution in [1.29, 1.82) is 0 Å². The second-order valence-corrected chi connectivity index (χ2v) is 6.28. The van der Waals surface area contributed by atoms with Gasteiger partial charge in [0.1, 0.15) is 18.8 Å². The van der Waals surface area contributed by atoms with Crippen LogP contribution in [-0.2, 0) is 0 Å². The summed E-state index contributed by atoms with van der Waals surface area (Å²) in [4.78, 5) is 11.0. The maximum Gasteiger partial charge on any atom is 0.161 e. The van der Waals surface area contributed by atoms with Crippen LogP contribution < -0.4 is 14.4 Å². The highest BCUT2D eigenvalue weighted by atomic mass is 32.1. The second-order valence-electron chi connectivity index (χ2n) is 5.37. The van der Waals surface area contributed by atoms with E-state index in [1.54, 1.807) is 17.7 Å². The number of anilines is 1. The number of rotatable bonds is 4. The average Bonchev–Trinajstić information content (AvgIpc) is 3.08. The third-order valence-electron chi connectivity index (χ3n) is 3.90. The molecule has 3 aromatic rings. The second kappa shape index (κ2) is 6.04. The number of para-hydroxylation sites is 2. The fraction of sp³-hybridized carbons (Fsp3) is 0.294. The number of likely N-dealkylation sites (N-methyl/N-ethyl adjacent to an activating group) is 1. The van der Waals surface area contributed by atoms with E-state index in [2.05, 4.69) is 21.8 Å². The van der Waals surface area contributed by atoms with Crippen LogP contribution in [0.25, 0.3) is 10.2 Å². The van der Waals surface area contributed by atoms with Gasteiger partial charge in [0.2, 0.25) is 0 Å². The van der Waals surface area contributed by atoms with Crippen molar-refractivity contribution in [3.05, 3.63) is 42.0 Å². The zero-order valence-electron chi connectivity index (χ0n) is 12.8. The van der Waals surface area contributed by atoms with Gasteiger partial charge in [0.05, 0.1) is 16.8 Å². The lowest BCUT2D eigenvalue weighted by atomic mass is 10.2. The minimum atomic E-state index is -0.0187. The summed E-state index contributed by atoms with van der Waals surface area (Å²) in [6.45, 7) is 4.26. The van der Waals surface area contributed by atoms with Crippen molar-refractivity contribution >= 4 is 27.4 Å². The van der Waals surface area contributed by atoms with Gasteiger partial charge in [-0.15, -0.1) is 11.3 Å². The molecule has 0 spiro atoms. The standard InChI is InChI=1S/C17H17N3O2S/c1-2-20(17-16-13(7-8-23-16)18-11-19-17)9-12-10-21-14-5-3-4-6-15(14)22-12/h3-8,11-12H,2,9-10H2,1H3. The predicted molar refractivity (Wildman–Crippen MR) is 91.7 cm³/mol. The molecular formula is C17H17N3O2S. The van der Waals surface area contributed by atoms with E-state index in [4.69, 9.17) is 9.47 Å². The monoisotopic (exact) mass is 327 g/mol. The summed E-state index contributed by atoms with van der Waals surface area (Å²) in [5.74, 6) is 2.59. The first-order valence-corrected chi connectivity index (χ1v) is 8.54. The molecule has 0 radical (unpaired) electrons. The highest BCUT2D eigenvalue weighted by molar-refractivity contribution is 7.17. The average molecular weight is 327 g/mol. The van der Waals surface area contributed by atoms with Gasteiger partial charge in [-0.2, -0.15) is 0 Å². The Kier molecular flexibility index (Phi) is 3.75. The first kappa shape index (κ1) is 14.3. The minimum absolute atomic E-state index is 0.0187. The minimum Gasteiger partial charge on any atom is -0.486 e. The first-order valence-electron chi connectivity index (χ1n) is 7.67. The Balaban J connectivity index is 1.56. The molecule has 0 fully saturated rings. The summed E-state index contributed by atoms with van der Waals surface area (Å²) >= 11 is 1.67. The van der Waals surface area contributed by atoms with Gasteiger partial charge in [-0.25, -0.2) is 9.97 Å². The normalized spacial score (nSPS) is 16.5. The predicted octanol–water partition coefficient (Wildman–Crippen LogP) is 3.36. The highest BCUT2D eigenvalue weighted by Gasteiger charge is 2.24. The van der Waals surface area contributed by atoms with E-state index in [-0.39, 0.29) is 6.10 Å². The summed E-state index contributed by atoms with van der Waals surface area (Å²) in [5, 5.41) is 2.05. The third-order valence-corrected chi connectivity index (χ3v) is 4.80. The summed E-state index contributed by atoms with van der Waals surface area (Å²) in [6.07, 6.45) is 1.61. The number of fused-ring (bicyclic) bond motifs is 2. The molecule has 0 saturated heterocycles. The maximum atomic E-state index is 6.07. The molecule has 1 unspecified atom stereocenters. The number of thiophene rings is 1. The number of aromatic nitrogens is 2. The number of ether oxygens (including phenoxy) is 2. The van der Waals surface area contributed by atoms with Crippen LogP contribution in [0.3, 0.4) is 0 Å². The Labute approximate surface area is 138 Å². The van der Waals surface area contributed by atoms with Crippen molar-refractivity contribution in [3.63, 3.8) is 0 Å². The molecule has 5 nitrogen and oxygen atoms in total. The number of hydrogen-bond acceptors (Lipinski definition) is 6. The zero-order chi connectivity index (χ0) is 15.6. The van der Waals surface area contributed by atoms with Gasteiger partial charge in [0.25, 0.3) is 0 Å². The van der Waals surface area contributed by atoms with Crippen molar-refractivity contribution in [2.75, 3.05) is 24.6 Å². The van der Waals surface area contributed by atoms with E-state index in [0.29, 0.717) is 6.61 Å². The van der Waals surface area contributed by atoms with Crippen LogP contribution in [0.1, 0.15) is 6.92 Å². The van der Waals surface area contributed by atoms with Crippen molar-refractivity contribution in [1.82, 2.24) is 9.97 Å². The fourth-order valence-electron chi connectivity index (χ4n) is 2.77. The van der Waals surface area contributed by atoms with Gasteiger partial charge in [-0.3, -0.25) is 0 Å². The molecule has 1 atom stereocenters. The van der Waals surface area contributed by atoms with E-state index in [1.165, 1.54) is 0 Å². The molecule has 0 amide bonds. The molecule has 1 aromatic carbocycles. The van der Waals surface area contributed by atoms with Crippen molar-refractivity contribution < 1.29 is 9.47 Å². The Bertz CT molecular complexity index is 820. The summed E-state index contributed by atoms with van der Waals surface area (Å²) < 4.78 is 13.0. The summed E-state index contributed by atoms with van der Waals surface area (Å²) in [5.41, 5.74) is 0.990. The van der Waals surface area contributed by atoms with E-state index < -0.39 is 0 Å². The van der Waals surface area contributed by atoms with Crippen LogP contribution in [0.4, 0.5) is 5.82 Å². The van der Waals surface area contributed by atoms with Crippen LogP contribution in [0, 0.1) is 0 Å². The molecule has 0 saturated carbocycles. The molecule has 6 heteroatoms. The Morgan fingerprint density at radius 1 is 1.22 bits per heavy atom. The van der Waals surface area contributed by atoms with Gasteiger partial charge < -0.3 is 14.4 Å². The smallest absolute Gasteiger partial charge is 0.161 e. The van der Waals surface area contributed by atoms with E-state index >= 15 is 0 Å². The Hall–Kier alpha value is -2.34. The molecule has 0 N–H and O–H groups in total. The van der Waals surface area contributed by atoms with Crippen molar-refractivity contribution in [2.24, 2.45) is 0 Å². The van der Waals surface area contributed by atoms with Crippen molar-refractivity contribution in [2.45, 2.75) is 13.0 Å². The lowest BCUT2D eigenvalue weighted by molar-refractivity contribution is 0.0953. The fourth-order valence-corrected chi connectivity index (χ4v) is 3.63. The molecule has 4 rings (SSSR count). The molecule has 2 aromatic heterocycles. The van der Waals surface area contributed by atoms with Gasteiger partial charge in [-0.1, -0.05) is 12.1 Å². The van der Waals surface area contributed by atoms with Gasteiger partial charge in [0.15, 0.2) is 17.6 Å². The zero-order valence-corrected chi connectivity index (χ0v) is 13.6. The topological polar surface area (TPSA) is 47.5 Å². The molecule has 3 heterocycles. The molecule has 118 valence electrons. The van der Waals surface area contributed by atoms with Crippen LogP contribution >= 0.6 is 11.3 Å². The van der Waals surface area contributed by atoms with E-state index in [1.807, 2.05) is 35.7 Å². The quantitative estimate of drug-likeness (QED) is 0.735. The third kappa shape index (κ3) is 2.70. The Morgan fingerprint density at radius 3 is 2.96 bits per heavy atom. The van der Waals surface area contributed by atoms with Crippen LogP contribution in [0.2, 0.25) is 0 Å². The summed E-state index contributed by atoms with van der Waals surface area (Å²) in [6, 6.07) is 9.81. The lowest BCUT2D eigenvalue weighted by Gasteiger charge is -2.31. The molecule has 1 aliphatic heterocycles. The number of hydrogen-bond donors (Lipinski definition) is 0. The molecular weight excluding hydrogens is 310 g/mol. The molecule has 23 heavy (non-hydrogen) atoms. The van der Waals surface area contributed by atoms with Crippen LogP contribution in [0.15, 0.2) is 42.0 Å². The first-order chi connectivity index (χ1) is 11.3. The van der Waals surface area contributed by atoms with Crippen molar-refractivity contribution in [3.8, 4) is 11.5 Å². The van der Waals surface area contributed by atoms with E-state index in [9.17, 15) is 0 Å². The number of nitrogens with zero attached hydrogens (tertiary/aromatic N) is 3. The van der Waals surface area contributed by atoms with Gasteiger partial charge in [-0.05, 0) is 30.5 Å². The maximum absolute atomic E-state index is 6.07. The molecule has 0 aliphatic carbocycles.